The Morgan fingerprint density at radius 3 is 2.79 bits per heavy atom. The molecule has 0 amide bonds. The van der Waals surface area contributed by atoms with Gasteiger partial charge in [0, 0.05) is 30.3 Å². The van der Waals surface area contributed by atoms with Crippen LogP contribution < -0.4 is 5.56 Å². The Hall–Kier alpha value is -2.58. The Labute approximate surface area is 200 Å². The summed E-state index contributed by atoms with van der Waals surface area (Å²) in [5, 5.41) is 13.9. The number of aromatic nitrogens is 5. The summed E-state index contributed by atoms with van der Waals surface area (Å²) in [6.45, 7) is 6.37. The molecule has 8 nitrogen and oxygen atoms in total. The Morgan fingerprint density at radius 1 is 1.18 bits per heavy atom. The maximum atomic E-state index is 13.1. The molecule has 2 aliphatic rings. The molecule has 8 heteroatoms. The molecule has 34 heavy (non-hydrogen) atoms. The summed E-state index contributed by atoms with van der Waals surface area (Å²) >= 11 is 0. The summed E-state index contributed by atoms with van der Waals surface area (Å²) in [4.78, 5) is 18.7. The van der Waals surface area contributed by atoms with E-state index in [1.165, 1.54) is 24.8 Å². The lowest BCUT2D eigenvalue weighted by Gasteiger charge is -2.39. The van der Waals surface area contributed by atoms with Crippen molar-refractivity contribution in [2.45, 2.75) is 96.5 Å². The van der Waals surface area contributed by atoms with Crippen LogP contribution in [0.2, 0.25) is 0 Å². The first-order valence-electron chi connectivity index (χ1n) is 12.9. The van der Waals surface area contributed by atoms with Gasteiger partial charge < -0.3 is 9.72 Å². The van der Waals surface area contributed by atoms with Crippen molar-refractivity contribution in [1.29, 1.82) is 0 Å². The highest BCUT2D eigenvalue weighted by Crippen LogP contribution is 2.33. The van der Waals surface area contributed by atoms with Crippen LogP contribution in [0.5, 0.6) is 0 Å². The highest BCUT2D eigenvalue weighted by Gasteiger charge is 2.32. The Balaban J connectivity index is 1.48. The minimum absolute atomic E-state index is 0.00837. The van der Waals surface area contributed by atoms with E-state index in [9.17, 15) is 4.79 Å². The van der Waals surface area contributed by atoms with E-state index in [2.05, 4.69) is 51.4 Å². The molecule has 2 aromatic heterocycles. The molecule has 1 aliphatic carbocycles. The first-order valence-corrected chi connectivity index (χ1v) is 12.9. The van der Waals surface area contributed by atoms with Gasteiger partial charge in [0.15, 0.2) is 5.82 Å². The summed E-state index contributed by atoms with van der Waals surface area (Å²) in [5.74, 6) is 0.886. The van der Waals surface area contributed by atoms with E-state index in [1.54, 1.807) is 0 Å². The van der Waals surface area contributed by atoms with Gasteiger partial charge in [-0.15, -0.1) is 5.10 Å². The van der Waals surface area contributed by atoms with E-state index in [0.29, 0.717) is 19.1 Å². The van der Waals surface area contributed by atoms with E-state index < -0.39 is 0 Å². The van der Waals surface area contributed by atoms with E-state index in [-0.39, 0.29) is 17.7 Å². The quantitative estimate of drug-likeness (QED) is 0.535. The van der Waals surface area contributed by atoms with Crippen LogP contribution >= 0.6 is 0 Å². The Morgan fingerprint density at radius 2 is 2.03 bits per heavy atom. The molecule has 3 aromatic rings. The molecule has 1 saturated carbocycles. The summed E-state index contributed by atoms with van der Waals surface area (Å²) in [6, 6.07) is 8.69. The topological polar surface area (TPSA) is 88.9 Å². The predicted octanol–water partition coefficient (Wildman–Crippen LogP) is 4.29. The van der Waals surface area contributed by atoms with Crippen molar-refractivity contribution in [2.75, 3.05) is 6.61 Å². The van der Waals surface area contributed by atoms with Crippen LogP contribution in [0.3, 0.4) is 0 Å². The van der Waals surface area contributed by atoms with Crippen molar-refractivity contribution in [2.24, 2.45) is 0 Å². The predicted molar refractivity (Wildman–Crippen MR) is 132 cm³/mol. The second-order valence-corrected chi connectivity index (χ2v) is 9.96. The molecule has 1 aromatic carbocycles. The van der Waals surface area contributed by atoms with Crippen LogP contribution in [0.4, 0.5) is 0 Å². The van der Waals surface area contributed by atoms with Gasteiger partial charge in [0.05, 0.1) is 18.7 Å². The number of benzene rings is 1. The summed E-state index contributed by atoms with van der Waals surface area (Å²) in [5.41, 5.74) is 2.87. The van der Waals surface area contributed by atoms with Crippen molar-refractivity contribution in [3.63, 3.8) is 0 Å². The molecule has 0 unspecified atom stereocenters. The van der Waals surface area contributed by atoms with Gasteiger partial charge in [0.1, 0.15) is 0 Å². The molecular formula is C26H36N6O2. The molecule has 3 heterocycles. The van der Waals surface area contributed by atoms with Crippen molar-refractivity contribution in [1.82, 2.24) is 30.1 Å². The van der Waals surface area contributed by atoms with Crippen molar-refractivity contribution >= 4 is 10.9 Å². The fourth-order valence-electron chi connectivity index (χ4n) is 5.72. The van der Waals surface area contributed by atoms with E-state index in [0.717, 1.165) is 61.0 Å². The maximum Gasteiger partial charge on any atom is 0.252 e. The van der Waals surface area contributed by atoms with Crippen LogP contribution in [-0.4, -0.2) is 48.8 Å². The van der Waals surface area contributed by atoms with Gasteiger partial charge in [-0.2, -0.15) is 0 Å². The standard InChI is InChI=1S/C26H36N6O2/c1-3-24(25-28-29-30-32(25)17-22-10-7-13-34-22)31(21-8-5-4-6-9-21)16-20-15-19-14-18(2)11-12-23(19)27-26(20)33/h11-12,14-15,21-22,24H,3-10,13,16-17H2,1-2H3,(H,27,33)/t22-,24+/m0/s1. The number of aryl methyl sites for hydroxylation is 1. The van der Waals surface area contributed by atoms with Crippen LogP contribution in [0.1, 0.15) is 81.3 Å². The lowest BCUT2D eigenvalue weighted by Crippen LogP contribution is -2.41. The number of ether oxygens (including phenoxy) is 1. The van der Waals surface area contributed by atoms with Gasteiger partial charge in [-0.1, -0.05) is 37.8 Å². The molecule has 1 aliphatic heterocycles. The minimum Gasteiger partial charge on any atom is -0.376 e. The Kier molecular flexibility index (Phi) is 7.06. The highest BCUT2D eigenvalue weighted by atomic mass is 16.5. The third-order valence-corrected chi connectivity index (χ3v) is 7.52. The largest absolute Gasteiger partial charge is 0.376 e. The van der Waals surface area contributed by atoms with Gasteiger partial charge >= 0.3 is 0 Å². The van der Waals surface area contributed by atoms with Crippen molar-refractivity contribution in [3.8, 4) is 0 Å². The number of hydrogen-bond donors (Lipinski definition) is 1. The van der Waals surface area contributed by atoms with Crippen LogP contribution in [0.15, 0.2) is 29.1 Å². The molecule has 182 valence electrons. The number of fused-ring (bicyclic) bond motifs is 1. The lowest BCUT2D eigenvalue weighted by molar-refractivity contribution is 0.0734. The minimum atomic E-state index is -0.00837. The number of pyridine rings is 1. The van der Waals surface area contributed by atoms with Gasteiger partial charge in [-0.3, -0.25) is 9.69 Å². The van der Waals surface area contributed by atoms with E-state index in [1.807, 2.05) is 16.8 Å². The van der Waals surface area contributed by atoms with Gasteiger partial charge in [-0.05, 0) is 73.0 Å². The normalized spacial score (nSPS) is 20.4. The van der Waals surface area contributed by atoms with Crippen LogP contribution in [-0.2, 0) is 17.8 Å². The monoisotopic (exact) mass is 464 g/mol. The first-order chi connectivity index (χ1) is 16.6. The van der Waals surface area contributed by atoms with Crippen molar-refractivity contribution in [3.05, 3.63) is 51.6 Å². The van der Waals surface area contributed by atoms with Crippen molar-refractivity contribution < 1.29 is 4.74 Å². The molecule has 2 fully saturated rings. The SMILES string of the molecule is CC[C@H](c1nnnn1C[C@@H]1CCCO1)N(Cc1cc2cc(C)ccc2[nH]c1=O)C1CCCCC1. The number of hydrogen-bond acceptors (Lipinski definition) is 6. The Bertz CT molecular complexity index is 1160. The molecule has 1 N–H and O–H groups in total. The average Bonchev–Trinajstić information content (AvgIpc) is 3.53. The lowest BCUT2D eigenvalue weighted by atomic mass is 9.92. The number of H-pyrrole nitrogens is 1. The summed E-state index contributed by atoms with van der Waals surface area (Å²) < 4.78 is 7.80. The van der Waals surface area contributed by atoms with Gasteiger partial charge in [0.25, 0.3) is 5.56 Å². The average molecular weight is 465 g/mol. The zero-order valence-electron chi connectivity index (χ0n) is 20.4. The molecule has 1 saturated heterocycles. The number of tetrazole rings is 1. The van der Waals surface area contributed by atoms with E-state index >= 15 is 0 Å². The number of nitrogens with zero attached hydrogens (tertiary/aromatic N) is 5. The second kappa shape index (κ2) is 10.4. The molecule has 0 spiro atoms. The van der Waals surface area contributed by atoms with Crippen LogP contribution in [0, 0.1) is 6.92 Å². The number of nitrogens with one attached hydrogen (secondary N) is 1. The first kappa shape index (κ1) is 23.2. The molecule has 0 radical (unpaired) electrons. The maximum absolute atomic E-state index is 13.1. The third-order valence-electron chi connectivity index (χ3n) is 7.52. The number of aromatic amines is 1. The smallest absolute Gasteiger partial charge is 0.252 e. The van der Waals surface area contributed by atoms with E-state index in [4.69, 9.17) is 4.74 Å². The zero-order chi connectivity index (χ0) is 23.5. The third kappa shape index (κ3) is 4.93. The fraction of sp³-hybridized carbons (Fsp3) is 0.615. The van der Waals surface area contributed by atoms with Gasteiger partial charge in [-0.25, -0.2) is 4.68 Å². The molecular weight excluding hydrogens is 428 g/mol. The fourth-order valence-corrected chi connectivity index (χ4v) is 5.72. The summed E-state index contributed by atoms with van der Waals surface area (Å²) in [7, 11) is 0. The van der Waals surface area contributed by atoms with Gasteiger partial charge in [0.2, 0.25) is 0 Å². The zero-order valence-corrected chi connectivity index (χ0v) is 20.4. The molecule has 5 rings (SSSR count). The molecule has 2 atom stereocenters. The second-order valence-electron chi connectivity index (χ2n) is 9.96. The summed E-state index contributed by atoms with van der Waals surface area (Å²) in [6.07, 6.45) is 9.24. The number of rotatable bonds is 8. The highest BCUT2D eigenvalue weighted by molar-refractivity contribution is 5.79. The van der Waals surface area contributed by atoms with Crippen LogP contribution in [0.25, 0.3) is 10.9 Å². The molecule has 0 bridgehead atoms.